The van der Waals surface area contributed by atoms with Crippen LogP contribution >= 0.6 is 0 Å². The Bertz CT molecular complexity index is 1720. The second-order valence-corrected chi connectivity index (χ2v) is 10.6. The number of rotatable bonds is 6. The number of hydrogen-bond acceptors (Lipinski definition) is 5. The first-order valence-corrected chi connectivity index (χ1v) is 13.7. The molecule has 1 fully saturated rings. The van der Waals surface area contributed by atoms with E-state index in [-0.39, 0.29) is 43.0 Å². The highest BCUT2D eigenvalue weighted by molar-refractivity contribution is 6.03. The first-order valence-electron chi connectivity index (χ1n) is 13.7. The summed E-state index contributed by atoms with van der Waals surface area (Å²) in [6.07, 6.45) is -9.42. The summed E-state index contributed by atoms with van der Waals surface area (Å²) in [4.78, 5) is 43.5. The van der Waals surface area contributed by atoms with Crippen LogP contribution in [0.3, 0.4) is 0 Å². The van der Waals surface area contributed by atoms with E-state index in [1.807, 2.05) is 0 Å². The SMILES string of the molecule is O=C(O)c1ccc(C[C@@H]2C[C@@H](OC(=O)c3ccnc4ccccc34)CCN2C(=O)c2cc(C(F)(F)F)cc(C(F)(F)F)c2)cc1. The van der Waals surface area contributed by atoms with Crippen LogP contribution in [-0.2, 0) is 23.5 Å². The molecule has 234 valence electrons. The number of benzene rings is 3. The van der Waals surface area contributed by atoms with Crippen molar-refractivity contribution in [1.29, 1.82) is 0 Å². The summed E-state index contributed by atoms with van der Waals surface area (Å²) in [6, 6.07) is 14.0. The summed E-state index contributed by atoms with van der Waals surface area (Å²) in [6.45, 7) is -0.136. The van der Waals surface area contributed by atoms with E-state index in [0.717, 1.165) is 0 Å². The monoisotopic (exact) mass is 630 g/mol. The van der Waals surface area contributed by atoms with E-state index in [1.54, 1.807) is 24.3 Å². The van der Waals surface area contributed by atoms with E-state index in [2.05, 4.69) is 4.98 Å². The number of carbonyl (C=O) groups excluding carboxylic acids is 2. The van der Waals surface area contributed by atoms with Gasteiger partial charge in [0.15, 0.2) is 0 Å². The molecule has 1 aromatic heterocycles. The molecule has 0 radical (unpaired) electrons. The van der Waals surface area contributed by atoms with E-state index in [9.17, 15) is 45.8 Å². The molecule has 5 rings (SSSR count). The Morgan fingerprint density at radius 3 is 2.13 bits per heavy atom. The van der Waals surface area contributed by atoms with Crippen LogP contribution in [0.2, 0.25) is 0 Å². The number of piperidine rings is 1. The highest BCUT2D eigenvalue weighted by atomic mass is 19.4. The fourth-order valence-electron chi connectivity index (χ4n) is 5.37. The van der Waals surface area contributed by atoms with Gasteiger partial charge in [0, 0.05) is 42.6 Å². The Morgan fingerprint density at radius 2 is 1.51 bits per heavy atom. The molecule has 45 heavy (non-hydrogen) atoms. The molecule has 2 atom stereocenters. The zero-order chi connectivity index (χ0) is 32.5. The Morgan fingerprint density at radius 1 is 0.867 bits per heavy atom. The number of carboxylic acid groups (broad SMARTS) is 1. The Labute approximate surface area is 252 Å². The molecule has 0 unspecified atom stereocenters. The predicted octanol–water partition coefficient (Wildman–Crippen LogP) is 7.04. The number of nitrogens with zero attached hydrogens (tertiary/aromatic N) is 2. The Hall–Kier alpha value is -4.94. The third-order valence-electron chi connectivity index (χ3n) is 7.58. The van der Waals surface area contributed by atoms with Crippen LogP contribution in [0.1, 0.15) is 60.6 Å². The number of aromatic carboxylic acids is 1. The number of fused-ring (bicyclic) bond motifs is 1. The summed E-state index contributed by atoms with van der Waals surface area (Å²) in [5.74, 6) is -2.88. The highest BCUT2D eigenvalue weighted by Crippen LogP contribution is 2.37. The van der Waals surface area contributed by atoms with Crippen molar-refractivity contribution in [1.82, 2.24) is 9.88 Å². The van der Waals surface area contributed by atoms with Gasteiger partial charge in [-0.15, -0.1) is 0 Å². The van der Waals surface area contributed by atoms with Gasteiger partial charge in [0.05, 0.1) is 27.8 Å². The maximum Gasteiger partial charge on any atom is 0.416 e. The van der Waals surface area contributed by atoms with Crippen molar-refractivity contribution in [3.63, 3.8) is 0 Å². The molecule has 0 saturated carbocycles. The molecule has 7 nitrogen and oxygen atoms in total. The van der Waals surface area contributed by atoms with Gasteiger partial charge in [0.2, 0.25) is 0 Å². The largest absolute Gasteiger partial charge is 0.478 e. The maximum absolute atomic E-state index is 13.6. The zero-order valence-corrected chi connectivity index (χ0v) is 23.2. The standard InChI is InChI=1S/C32H24F6N2O5/c33-31(34,35)21-14-20(15-22(16-21)32(36,37)38)28(41)40-12-10-24(17-23(40)13-18-5-7-19(8-6-18)29(42)43)45-30(44)26-9-11-39-27-4-2-1-3-25(26)27/h1-9,11,14-16,23-24H,10,12-13,17H2,(H,42,43)/t23-,24+/m1/s1. The smallest absolute Gasteiger partial charge is 0.416 e. The van der Waals surface area contributed by atoms with Gasteiger partial charge in [0.25, 0.3) is 5.91 Å². The van der Waals surface area contributed by atoms with Gasteiger partial charge in [-0.25, -0.2) is 9.59 Å². The number of ether oxygens (including phenoxy) is 1. The predicted molar refractivity (Wildman–Crippen MR) is 149 cm³/mol. The quantitative estimate of drug-likeness (QED) is 0.181. The van der Waals surface area contributed by atoms with Crippen molar-refractivity contribution in [2.75, 3.05) is 6.54 Å². The lowest BCUT2D eigenvalue weighted by Gasteiger charge is -2.39. The second kappa shape index (κ2) is 12.2. The fourth-order valence-corrected chi connectivity index (χ4v) is 5.37. The van der Waals surface area contributed by atoms with E-state index >= 15 is 0 Å². The number of hydrogen-bond donors (Lipinski definition) is 1. The number of carboxylic acids is 1. The molecule has 4 aromatic rings. The third-order valence-corrected chi connectivity index (χ3v) is 7.58. The van der Waals surface area contributed by atoms with E-state index in [4.69, 9.17) is 4.74 Å². The van der Waals surface area contributed by atoms with Crippen molar-refractivity contribution < 1.29 is 50.6 Å². The number of halogens is 6. The van der Waals surface area contributed by atoms with E-state index in [0.29, 0.717) is 28.6 Å². The third kappa shape index (κ3) is 7.08. The lowest BCUT2D eigenvalue weighted by atomic mass is 9.92. The highest BCUT2D eigenvalue weighted by Gasteiger charge is 2.40. The molecule has 0 bridgehead atoms. The molecular formula is C32H24F6N2O5. The van der Waals surface area contributed by atoms with Crippen LogP contribution in [0.5, 0.6) is 0 Å². The van der Waals surface area contributed by atoms with Crippen LogP contribution in [0.25, 0.3) is 10.9 Å². The molecule has 1 amide bonds. The van der Waals surface area contributed by atoms with Crippen molar-refractivity contribution in [3.8, 4) is 0 Å². The van der Waals surface area contributed by atoms with Crippen molar-refractivity contribution in [3.05, 3.63) is 112 Å². The molecule has 1 aliphatic heterocycles. The van der Waals surface area contributed by atoms with Crippen molar-refractivity contribution >= 4 is 28.7 Å². The summed E-state index contributed by atoms with van der Waals surface area (Å²) in [7, 11) is 0. The van der Waals surface area contributed by atoms with Crippen LogP contribution < -0.4 is 0 Å². The molecule has 1 saturated heterocycles. The minimum absolute atomic E-state index is 0.00430. The first-order chi connectivity index (χ1) is 21.2. The van der Waals surface area contributed by atoms with Gasteiger partial charge >= 0.3 is 24.3 Å². The van der Waals surface area contributed by atoms with Crippen LogP contribution in [0.15, 0.2) is 79.0 Å². The summed E-state index contributed by atoms with van der Waals surface area (Å²) < 4.78 is 86.9. The minimum atomic E-state index is -5.14. The average Bonchev–Trinajstić information content (AvgIpc) is 2.99. The molecule has 1 N–H and O–H groups in total. The lowest BCUT2D eigenvalue weighted by Crippen LogP contribution is -2.49. The normalized spacial score (nSPS) is 17.2. The van der Waals surface area contributed by atoms with Gasteiger partial charge < -0.3 is 14.7 Å². The Balaban J connectivity index is 1.45. The van der Waals surface area contributed by atoms with Crippen LogP contribution in [0.4, 0.5) is 26.3 Å². The lowest BCUT2D eigenvalue weighted by molar-refractivity contribution is -0.143. The summed E-state index contributed by atoms with van der Waals surface area (Å²) >= 11 is 0. The number of alkyl halides is 6. The van der Waals surface area contributed by atoms with Gasteiger partial charge in [0.1, 0.15) is 6.10 Å². The Kier molecular flexibility index (Phi) is 8.55. The topological polar surface area (TPSA) is 96.8 Å². The number of pyridine rings is 1. The minimum Gasteiger partial charge on any atom is -0.478 e. The summed E-state index contributed by atoms with van der Waals surface area (Å²) in [5, 5.41) is 9.76. The van der Waals surface area contributed by atoms with Crippen molar-refractivity contribution in [2.45, 2.75) is 43.8 Å². The fraction of sp³-hybridized carbons (Fsp3) is 0.250. The maximum atomic E-state index is 13.6. The molecule has 0 spiro atoms. The molecule has 13 heteroatoms. The summed E-state index contributed by atoms with van der Waals surface area (Å²) in [5.41, 5.74) is -2.66. The number of para-hydroxylation sites is 1. The molecule has 2 heterocycles. The molecule has 0 aliphatic carbocycles. The average molecular weight is 631 g/mol. The number of likely N-dealkylation sites (tertiary alicyclic amines) is 1. The zero-order valence-electron chi connectivity index (χ0n) is 23.2. The number of esters is 1. The van der Waals surface area contributed by atoms with E-state index in [1.165, 1.54) is 41.4 Å². The molecular weight excluding hydrogens is 606 g/mol. The van der Waals surface area contributed by atoms with Gasteiger partial charge in [-0.2, -0.15) is 26.3 Å². The van der Waals surface area contributed by atoms with E-state index < -0.39 is 59.0 Å². The molecule has 1 aliphatic rings. The van der Waals surface area contributed by atoms with Crippen LogP contribution in [-0.4, -0.2) is 51.5 Å². The van der Waals surface area contributed by atoms with Gasteiger partial charge in [-0.1, -0.05) is 30.3 Å². The van der Waals surface area contributed by atoms with Gasteiger partial charge in [-0.05, 0) is 54.4 Å². The number of carbonyl (C=O) groups is 3. The second-order valence-electron chi connectivity index (χ2n) is 10.6. The van der Waals surface area contributed by atoms with Gasteiger partial charge in [-0.3, -0.25) is 9.78 Å². The molecule has 3 aromatic carbocycles. The number of amides is 1. The van der Waals surface area contributed by atoms with Crippen molar-refractivity contribution in [2.24, 2.45) is 0 Å². The first kappa shape index (κ1) is 31.5. The van der Waals surface area contributed by atoms with Crippen LogP contribution in [0, 0.1) is 0 Å². The number of aromatic nitrogens is 1.